The van der Waals surface area contributed by atoms with Gasteiger partial charge in [0.25, 0.3) is 5.91 Å². The van der Waals surface area contributed by atoms with E-state index in [-0.39, 0.29) is 22.1 Å². The molecule has 0 radical (unpaired) electrons. The molecule has 0 fully saturated rings. The highest BCUT2D eigenvalue weighted by Gasteiger charge is 2.23. The van der Waals surface area contributed by atoms with Crippen molar-refractivity contribution in [1.82, 2.24) is 0 Å². The van der Waals surface area contributed by atoms with Gasteiger partial charge in [-0.05, 0) is 42.7 Å². The van der Waals surface area contributed by atoms with E-state index >= 15 is 0 Å². The first-order valence-electron chi connectivity index (χ1n) is 8.80. The number of para-hydroxylation sites is 1. The predicted octanol–water partition coefficient (Wildman–Crippen LogP) is 2.62. The number of aryl methyl sites for hydroxylation is 1. The van der Waals surface area contributed by atoms with Crippen molar-refractivity contribution in [2.75, 3.05) is 23.8 Å². The molecule has 0 unspecified atom stereocenters. The maximum atomic E-state index is 12.5. The normalized spacial score (nSPS) is 13.7. The summed E-state index contributed by atoms with van der Waals surface area (Å²) in [5.41, 5.74) is 2.05. The molecule has 0 aliphatic carbocycles. The van der Waals surface area contributed by atoms with Gasteiger partial charge in [-0.3, -0.25) is 4.79 Å². The summed E-state index contributed by atoms with van der Waals surface area (Å²) in [5.74, 6) is -1.08. The van der Waals surface area contributed by atoms with Crippen LogP contribution in [0.1, 0.15) is 29.3 Å². The van der Waals surface area contributed by atoms with Crippen molar-refractivity contribution in [3.63, 3.8) is 0 Å². The number of carbonyl (C=O) groups excluding carboxylic acids is 2. The first-order chi connectivity index (χ1) is 12.9. The van der Waals surface area contributed by atoms with E-state index in [1.54, 1.807) is 4.90 Å². The average Bonchev–Trinajstić information content (AvgIpc) is 2.71. The zero-order valence-corrected chi connectivity index (χ0v) is 15.9. The van der Waals surface area contributed by atoms with Gasteiger partial charge in [-0.1, -0.05) is 31.2 Å². The number of anilines is 1. The zero-order chi connectivity index (χ0) is 19.4. The second-order valence-corrected chi connectivity index (χ2v) is 8.56. The third-order valence-corrected chi connectivity index (χ3v) is 6.28. The molecule has 7 heteroatoms. The van der Waals surface area contributed by atoms with Gasteiger partial charge in [-0.15, -0.1) is 0 Å². The zero-order valence-electron chi connectivity index (χ0n) is 15.1. The van der Waals surface area contributed by atoms with Gasteiger partial charge < -0.3 is 9.64 Å². The monoisotopic (exact) mass is 387 g/mol. The molecule has 6 nitrogen and oxygen atoms in total. The lowest BCUT2D eigenvalue weighted by Gasteiger charge is -2.29. The SMILES string of the molecule is CCS(=O)(=O)c1cccc(C(=O)OCC(=O)N2CCCc3ccccc32)c1. The van der Waals surface area contributed by atoms with Crippen LogP contribution in [-0.4, -0.2) is 39.2 Å². The molecule has 0 saturated heterocycles. The molecule has 0 aromatic heterocycles. The van der Waals surface area contributed by atoms with Gasteiger partial charge in [-0.2, -0.15) is 0 Å². The van der Waals surface area contributed by atoms with Crippen LogP contribution in [0.3, 0.4) is 0 Å². The minimum Gasteiger partial charge on any atom is -0.452 e. The van der Waals surface area contributed by atoms with Crippen molar-refractivity contribution in [1.29, 1.82) is 0 Å². The highest BCUT2D eigenvalue weighted by molar-refractivity contribution is 7.91. The lowest BCUT2D eigenvalue weighted by Crippen LogP contribution is -2.38. The molecule has 0 saturated carbocycles. The van der Waals surface area contributed by atoms with Crippen LogP contribution in [0.4, 0.5) is 5.69 Å². The van der Waals surface area contributed by atoms with E-state index in [2.05, 4.69) is 0 Å². The molecule has 1 amide bonds. The molecule has 27 heavy (non-hydrogen) atoms. The van der Waals surface area contributed by atoms with Crippen molar-refractivity contribution < 1.29 is 22.7 Å². The number of hydrogen-bond donors (Lipinski definition) is 0. The number of esters is 1. The third kappa shape index (κ3) is 4.19. The molecule has 2 aromatic rings. The van der Waals surface area contributed by atoms with Gasteiger partial charge in [-0.25, -0.2) is 13.2 Å². The molecular weight excluding hydrogens is 366 g/mol. The number of sulfone groups is 1. The van der Waals surface area contributed by atoms with E-state index in [0.29, 0.717) is 6.54 Å². The van der Waals surface area contributed by atoms with Gasteiger partial charge in [0.2, 0.25) is 0 Å². The number of amides is 1. The summed E-state index contributed by atoms with van der Waals surface area (Å²) in [7, 11) is -3.42. The second kappa shape index (κ2) is 7.92. The first kappa shape index (κ1) is 19.1. The molecule has 1 heterocycles. The van der Waals surface area contributed by atoms with Gasteiger partial charge in [0, 0.05) is 12.2 Å². The Labute approximate surface area is 158 Å². The quantitative estimate of drug-likeness (QED) is 0.737. The second-order valence-electron chi connectivity index (χ2n) is 6.29. The van der Waals surface area contributed by atoms with Crippen molar-refractivity contribution in [2.24, 2.45) is 0 Å². The number of carbonyl (C=O) groups is 2. The Hall–Kier alpha value is -2.67. The lowest BCUT2D eigenvalue weighted by molar-refractivity contribution is -0.121. The molecule has 2 aromatic carbocycles. The largest absolute Gasteiger partial charge is 0.452 e. The standard InChI is InChI=1S/C20H21NO5S/c1-2-27(24,25)17-10-5-8-16(13-17)20(23)26-14-19(22)21-12-6-9-15-7-3-4-11-18(15)21/h3-5,7-8,10-11,13H,2,6,9,12,14H2,1H3. The Balaban J connectivity index is 1.68. The van der Waals surface area contributed by atoms with E-state index in [4.69, 9.17) is 4.74 Å². The average molecular weight is 387 g/mol. The molecule has 1 aliphatic rings. The van der Waals surface area contributed by atoms with Crippen LogP contribution in [0.15, 0.2) is 53.4 Å². The Kier molecular flexibility index (Phi) is 5.60. The molecular formula is C20H21NO5S. The van der Waals surface area contributed by atoms with Gasteiger partial charge >= 0.3 is 5.97 Å². The molecule has 1 aliphatic heterocycles. The Morgan fingerprint density at radius 3 is 2.67 bits per heavy atom. The number of hydrogen-bond acceptors (Lipinski definition) is 5. The maximum absolute atomic E-state index is 12.5. The van der Waals surface area contributed by atoms with Crippen LogP contribution in [0.5, 0.6) is 0 Å². The van der Waals surface area contributed by atoms with Crippen LogP contribution in [0, 0.1) is 0 Å². The number of ether oxygens (including phenoxy) is 1. The van der Waals surface area contributed by atoms with Crippen molar-refractivity contribution in [3.05, 3.63) is 59.7 Å². The number of fused-ring (bicyclic) bond motifs is 1. The van der Waals surface area contributed by atoms with Gasteiger partial charge in [0.15, 0.2) is 16.4 Å². The minimum atomic E-state index is -3.42. The fourth-order valence-corrected chi connectivity index (χ4v) is 3.99. The van der Waals surface area contributed by atoms with E-state index in [9.17, 15) is 18.0 Å². The molecule has 0 bridgehead atoms. The summed E-state index contributed by atoms with van der Waals surface area (Å²) in [5, 5.41) is 0. The van der Waals surface area contributed by atoms with Crippen LogP contribution >= 0.6 is 0 Å². The van der Waals surface area contributed by atoms with E-state index in [0.717, 1.165) is 24.1 Å². The first-order valence-corrected chi connectivity index (χ1v) is 10.5. The fourth-order valence-electron chi connectivity index (χ4n) is 3.06. The van der Waals surface area contributed by atoms with Crippen LogP contribution in [-0.2, 0) is 25.8 Å². The van der Waals surface area contributed by atoms with Crippen molar-refractivity contribution in [3.8, 4) is 0 Å². The molecule has 0 atom stereocenters. The Morgan fingerprint density at radius 1 is 1.11 bits per heavy atom. The summed E-state index contributed by atoms with van der Waals surface area (Å²) in [6.07, 6.45) is 1.77. The Morgan fingerprint density at radius 2 is 1.89 bits per heavy atom. The summed E-state index contributed by atoms with van der Waals surface area (Å²) >= 11 is 0. The van der Waals surface area contributed by atoms with Crippen LogP contribution in [0.2, 0.25) is 0 Å². The third-order valence-electron chi connectivity index (χ3n) is 4.55. The highest BCUT2D eigenvalue weighted by atomic mass is 32.2. The smallest absolute Gasteiger partial charge is 0.338 e. The molecule has 0 spiro atoms. The summed E-state index contributed by atoms with van der Waals surface area (Å²) in [6, 6.07) is 13.3. The minimum absolute atomic E-state index is 0.0572. The summed E-state index contributed by atoms with van der Waals surface area (Å²) < 4.78 is 29.0. The molecule has 3 rings (SSSR count). The van der Waals surface area contributed by atoms with E-state index in [1.165, 1.54) is 31.2 Å². The van der Waals surface area contributed by atoms with Crippen LogP contribution < -0.4 is 4.90 Å². The Bertz CT molecular complexity index is 968. The summed E-state index contributed by atoms with van der Waals surface area (Å²) in [4.78, 5) is 26.5. The van der Waals surface area contributed by atoms with Crippen molar-refractivity contribution >= 4 is 27.4 Å². The molecule has 142 valence electrons. The van der Waals surface area contributed by atoms with Gasteiger partial charge in [0.05, 0.1) is 16.2 Å². The van der Waals surface area contributed by atoms with Gasteiger partial charge in [0.1, 0.15) is 0 Å². The lowest BCUT2D eigenvalue weighted by atomic mass is 10.0. The topological polar surface area (TPSA) is 80.7 Å². The van der Waals surface area contributed by atoms with E-state index < -0.39 is 22.4 Å². The summed E-state index contributed by atoms with van der Waals surface area (Å²) in [6.45, 7) is 1.73. The predicted molar refractivity (Wildman–Crippen MR) is 102 cm³/mol. The van der Waals surface area contributed by atoms with Crippen molar-refractivity contribution in [2.45, 2.75) is 24.7 Å². The number of benzene rings is 2. The molecule has 0 N–H and O–H groups in total. The number of rotatable bonds is 5. The fraction of sp³-hybridized carbons (Fsp3) is 0.300. The maximum Gasteiger partial charge on any atom is 0.338 e. The van der Waals surface area contributed by atoms with Crippen LogP contribution in [0.25, 0.3) is 0 Å². The highest BCUT2D eigenvalue weighted by Crippen LogP contribution is 2.26. The van der Waals surface area contributed by atoms with E-state index in [1.807, 2.05) is 24.3 Å². The number of nitrogens with zero attached hydrogens (tertiary/aromatic N) is 1.